The standard InChI is InChI=1S/C12H25BrN2O3S/c1-14(9-12(13)10-18-2)7-11-5-4-6-15(8-11)19(3,16)17/h11-12H,4-10H2,1-3H3. The van der Waals surface area contributed by atoms with E-state index in [1.807, 2.05) is 0 Å². The summed E-state index contributed by atoms with van der Waals surface area (Å²) in [5.74, 6) is 0.427. The van der Waals surface area contributed by atoms with Crippen molar-refractivity contribution in [3.63, 3.8) is 0 Å². The normalized spacial score (nSPS) is 23.7. The molecule has 0 radical (unpaired) electrons. The number of sulfonamides is 1. The maximum Gasteiger partial charge on any atom is 0.211 e. The van der Waals surface area contributed by atoms with Crippen molar-refractivity contribution in [3.05, 3.63) is 0 Å². The van der Waals surface area contributed by atoms with E-state index >= 15 is 0 Å². The van der Waals surface area contributed by atoms with E-state index in [2.05, 4.69) is 27.9 Å². The van der Waals surface area contributed by atoms with E-state index in [9.17, 15) is 8.42 Å². The van der Waals surface area contributed by atoms with Crippen LogP contribution < -0.4 is 0 Å². The third-order valence-corrected chi connectivity index (χ3v) is 5.20. The number of methoxy groups -OCH3 is 1. The Bertz CT molecular complexity index is 364. The van der Waals surface area contributed by atoms with Gasteiger partial charge in [-0.3, -0.25) is 0 Å². The largest absolute Gasteiger partial charge is 0.383 e. The van der Waals surface area contributed by atoms with Crippen LogP contribution in [-0.4, -0.2) is 75.6 Å². The van der Waals surface area contributed by atoms with Crippen molar-refractivity contribution in [2.24, 2.45) is 5.92 Å². The van der Waals surface area contributed by atoms with Gasteiger partial charge in [0.05, 0.1) is 17.7 Å². The van der Waals surface area contributed by atoms with Crippen LogP contribution in [0.25, 0.3) is 0 Å². The van der Waals surface area contributed by atoms with Crippen LogP contribution in [0.15, 0.2) is 0 Å². The molecule has 5 nitrogen and oxygen atoms in total. The van der Waals surface area contributed by atoms with Gasteiger partial charge < -0.3 is 9.64 Å². The lowest BCUT2D eigenvalue weighted by Crippen LogP contribution is -2.43. The maximum atomic E-state index is 11.6. The molecule has 1 rings (SSSR count). The van der Waals surface area contributed by atoms with Crippen molar-refractivity contribution in [1.82, 2.24) is 9.21 Å². The van der Waals surface area contributed by atoms with Gasteiger partial charge in [-0.25, -0.2) is 12.7 Å². The lowest BCUT2D eigenvalue weighted by Gasteiger charge is -2.33. The van der Waals surface area contributed by atoms with Gasteiger partial charge in [-0.1, -0.05) is 15.9 Å². The van der Waals surface area contributed by atoms with E-state index in [1.54, 1.807) is 11.4 Å². The molecule has 0 N–H and O–H groups in total. The molecule has 0 aromatic carbocycles. The molecule has 0 aromatic heterocycles. The summed E-state index contributed by atoms with van der Waals surface area (Å²) < 4.78 is 29.8. The van der Waals surface area contributed by atoms with E-state index in [4.69, 9.17) is 4.74 Å². The van der Waals surface area contributed by atoms with E-state index in [1.165, 1.54) is 6.26 Å². The maximum absolute atomic E-state index is 11.6. The van der Waals surface area contributed by atoms with Gasteiger partial charge in [0, 0.05) is 33.3 Å². The van der Waals surface area contributed by atoms with Crippen molar-refractivity contribution in [2.45, 2.75) is 17.7 Å². The Hall–Kier alpha value is 0.310. The molecule has 2 atom stereocenters. The SMILES string of the molecule is COCC(Br)CN(C)CC1CCCN(S(C)(=O)=O)C1. The third kappa shape index (κ3) is 6.53. The van der Waals surface area contributed by atoms with Crippen molar-refractivity contribution >= 4 is 26.0 Å². The summed E-state index contributed by atoms with van der Waals surface area (Å²) in [4.78, 5) is 2.56. The molecule has 0 bridgehead atoms. The zero-order chi connectivity index (χ0) is 14.5. The van der Waals surface area contributed by atoms with Gasteiger partial charge in [0.2, 0.25) is 10.0 Å². The summed E-state index contributed by atoms with van der Waals surface area (Å²) in [6, 6.07) is 0. The van der Waals surface area contributed by atoms with Gasteiger partial charge in [-0.2, -0.15) is 0 Å². The van der Waals surface area contributed by atoms with Crippen molar-refractivity contribution in [3.8, 4) is 0 Å². The van der Waals surface area contributed by atoms with Crippen LogP contribution in [0, 0.1) is 5.92 Å². The molecule has 1 aliphatic heterocycles. The molecule has 19 heavy (non-hydrogen) atoms. The number of hydrogen-bond acceptors (Lipinski definition) is 4. The fraction of sp³-hybridized carbons (Fsp3) is 1.00. The third-order valence-electron chi connectivity index (χ3n) is 3.38. The lowest BCUT2D eigenvalue weighted by molar-refractivity contribution is 0.168. The Morgan fingerprint density at radius 3 is 2.79 bits per heavy atom. The average molecular weight is 357 g/mol. The first-order chi connectivity index (χ1) is 8.82. The van der Waals surface area contributed by atoms with Crippen LogP contribution in [-0.2, 0) is 14.8 Å². The van der Waals surface area contributed by atoms with Gasteiger partial charge in [0.25, 0.3) is 0 Å². The smallest absolute Gasteiger partial charge is 0.211 e. The molecule has 7 heteroatoms. The minimum atomic E-state index is -3.04. The zero-order valence-electron chi connectivity index (χ0n) is 12.0. The molecule has 1 heterocycles. The number of nitrogens with zero attached hydrogens (tertiary/aromatic N) is 2. The molecule has 0 aromatic rings. The monoisotopic (exact) mass is 356 g/mol. The number of ether oxygens (including phenoxy) is 1. The predicted octanol–water partition coefficient (Wildman–Crippen LogP) is 1.000. The highest BCUT2D eigenvalue weighted by Crippen LogP contribution is 2.19. The van der Waals surface area contributed by atoms with Gasteiger partial charge in [-0.05, 0) is 25.8 Å². The molecule has 0 saturated carbocycles. The summed E-state index contributed by atoms with van der Waals surface area (Å²) in [5, 5.41) is 0. The van der Waals surface area contributed by atoms with Gasteiger partial charge in [0.15, 0.2) is 0 Å². The Kier molecular flexibility index (Phi) is 7.24. The highest BCUT2D eigenvalue weighted by Gasteiger charge is 2.26. The summed E-state index contributed by atoms with van der Waals surface area (Å²) in [7, 11) is 0.726. The minimum Gasteiger partial charge on any atom is -0.383 e. The Morgan fingerprint density at radius 2 is 2.21 bits per heavy atom. The molecule has 0 aliphatic carbocycles. The number of halogens is 1. The highest BCUT2D eigenvalue weighted by atomic mass is 79.9. The summed E-state index contributed by atoms with van der Waals surface area (Å²) in [5.41, 5.74) is 0. The molecule has 1 aliphatic rings. The average Bonchev–Trinajstić information content (AvgIpc) is 2.28. The Balaban J connectivity index is 2.40. The van der Waals surface area contributed by atoms with Crippen LogP contribution in [0.4, 0.5) is 0 Å². The summed E-state index contributed by atoms with van der Waals surface area (Å²) in [6.45, 7) is 3.84. The van der Waals surface area contributed by atoms with Crippen LogP contribution >= 0.6 is 15.9 Å². The van der Waals surface area contributed by atoms with Crippen molar-refractivity contribution in [1.29, 1.82) is 0 Å². The predicted molar refractivity (Wildman–Crippen MR) is 81.2 cm³/mol. The molecule has 2 unspecified atom stereocenters. The fourth-order valence-electron chi connectivity index (χ4n) is 2.56. The number of hydrogen-bond donors (Lipinski definition) is 0. The van der Waals surface area contributed by atoms with E-state index in [0.717, 1.165) is 25.9 Å². The van der Waals surface area contributed by atoms with Gasteiger partial charge >= 0.3 is 0 Å². The van der Waals surface area contributed by atoms with E-state index in [-0.39, 0.29) is 0 Å². The molecular weight excluding hydrogens is 332 g/mol. The van der Waals surface area contributed by atoms with Gasteiger partial charge in [-0.15, -0.1) is 0 Å². The van der Waals surface area contributed by atoms with Crippen LogP contribution in [0.2, 0.25) is 0 Å². The van der Waals surface area contributed by atoms with Crippen molar-refractivity contribution < 1.29 is 13.2 Å². The first-order valence-electron chi connectivity index (χ1n) is 6.59. The summed E-state index contributed by atoms with van der Waals surface area (Å²) in [6.07, 6.45) is 3.36. The highest BCUT2D eigenvalue weighted by molar-refractivity contribution is 9.09. The number of alkyl halides is 1. The molecule has 1 saturated heterocycles. The van der Waals surface area contributed by atoms with Crippen molar-refractivity contribution in [2.75, 3.05) is 53.2 Å². The Labute approximate surface area is 125 Å². The molecule has 0 amide bonds. The zero-order valence-corrected chi connectivity index (χ0v) is 14.4. The number of piperidine rings is 1. The van der Waals surface area contributed by atoms with E-state index in [0.29, 0.717) is 30.4 Å². The second-order valence-corrected chi connectivity index (χ2v) is 8.68. The Morgan fingerprint density at radius 1 is 1.53 bits per heavy atom. The molecule has 1 fully saturated rings. The molecule has 114 valence electrons. The first-order valence-corrected chi connectivity index (χ1v) is 9.36. The lowest BCUT2D eigenvalue weighted by atomic mass is 9.99. The van der Waals surface area contributed by atoms with Crippen LogP contribution in [0.5, 0.6) is 0 Å². The summed E-state index contributed by atoms with van der Waals surface area (Å²) >= 11 is 3.57. The van der Waals surface area contributed by atoms with Crippen LogP contribution in [0.1, 0.15) is 12.8 Å². The van der Waals surface area contributed by atoms with Gasteiger partial charge in [0.1, 0.15) is 0 Å². The van der Waals surface area contributed by atoms with Crippen LogP contribution in [0.3, 0.4) is 0 Å². The van der Waals surface area contributed by atoms with E-state index < -0.39 is 10.0 Å². The number of rotatable bonds is 7. The molecule has 0 spiro atoms. The second kappa shape index (κ2) is 7.93. The minimum absolute atomic E-state index is 0.317. The first kappa shape index (κ1) is 17.4. The topological polar surface area (TPSA) is 49.9 Å². The second-order valence-electron chi connectivity index (χ2n) is 5.40. The molecular formula is C12H25BrN2O3S. The quantitative estimate of drug-likeness (QED) is 0.638. The fourth-order valence-corrected chi connectivity index (χ4v) is 4.27.